The first-order valence-corrected chi connectivity index (χ1v) is 6.33. The lowest BCUT2D eigenvalue weighted by Crippen LogP contribution is -2.04. The third-order valence-corrected chi connectivity index (χ3v) is 3.57. The fraction of sp³-hybridized carbons (Fsp3) is 0.143. The number of ether oxygens (including phenoxy) is 2. The Bertz CT molecular complexity index is 710. The van der Waals surface area contributed by atoms with E-state index in [2.05, 4.69) is 9.47 Å². The summed E-state index contributed by atoms with van der Waals surface area (Å²) in [5, 5.41) is 1.66. The zero-order valence-corrected chi connectivity index (χ0v) is 12.2. The summed E-state index contributed by atoms with van der Waals surface area (Å²) >= 11 is 12.3. The minimum atomic E-state index is -0.573. The molecule has 0 aliphatic carbocycles. The molecule has 6 heteroatoms. The maximum Gasteiger partial charge on any atom is 0.339 e. The molecule has 4 nitrogen and oxygen atoms in total. The number of carbonyl (C=O) groups is 2. The van der Waals surface area contributed by atoms with Gasteiger partial charge in [-0.25, -0.2) is 9.59 Å². The van der Waals surface area contributed by atoms with Gasteiger partial charge in [0, 0.05) is 15.8 Å². The summed E-state index contributed by atoms with van der Waals surface area (Å²) in [5.74, 6) is -1.05. The molecule has 0 fully saturated rings. The van der Waals surface area contributed by atoms with Crippen LogP contribution in [0, 0.1) is 0 Å². The number of fused-ring (bicyclic) bond motifs is 1. The lowest BCUT2D eigenvalue weighted by atomic mass is 10.0. The third-order valence-electron chi connectivity index (χ3n) is 2.85. The highest BCUT2D eigenvalue weighted by molar-refractivity contribution is 6.42. The van der Waals surface area contributed by atoms with Gasteiger partial charge in [-0.1, -0.05) is 29.3 Å². The average Bonchev–Trinajstić information content (AvgIpc) is 2.48. The largest absolute Gasteiger partial charge is 0.465 e. The van der Waals surface area contributed by atoms with Gasteiger partial charge in [0.25, 0.3) is 0 Å². The molecule has 0 aliphatic heterocycles. The summed E-state index contributed by atoms with van der Waals surface area (Å²) in [7, 11) is 2.55. The SMILES string of the molecule is COC(=O)c1ccc2c(Cl)c(C(=O)OC)cc(Cl)c2c1. The Morgan fingerprint density at radius 3 is 2.20 bits per heavy atom. The first-order valence-electron chi connectivity index (χ1n) is 5.58. The van der Waals surface area contributed by atoms with E-state index in [1.807, 2.05) is 0 Å². The van der Waals surface area contributed by atoms with Crippen molar-refractivity contribution in [1.82, 2.24) is 0 Å². The van der Waals surface area contributed by atoms with Crippen LogP contribution in [0.3, 0.4) is 0 Å². The van der Waals surface area contributed by atoms with Gasteiger partial charge < -0.3 is 9.47 Å². The van der Waals surface area contributed by atoms with Crippen molar-refractivity contribution in [2.45, 2.75) is 0 Å². The van der Waals surface area contributed by atoms with E-state index in [1.54, 1.807) is 18.2 Å². The molecule has 0 amide bonds. The van der Waals surface area contributed by atoms with Crippen LogP contribution in [0.15, 0.2) is 24.3 Å². The van der Waals surface area contributed by atoms with Crippen LogP contribution in [-0.2, 0) is 9.47 Å². The Morgan fingerprint density at radius 1 is 0.950 bits per heavy atom. The second-order valence-corrected chi connectivity index (χ2v) is 4.75. The number of rotatable bonds is 2. The Labute approximate surface area is 125 Å². The number of halogens is 2. The summed E-state index contributed by atoms with van der Waals surface area (Å²) in [6, 6.07) is 6.15. The molecule has 0 aliphatic rings. The van der Waals surface area contributed by atoms with E-state index in [9.17, 15) is 9.59 Å². The summed E-state index contributed by atoms with van der Waals surface area (Å²) in [6.07, 6.45) is 0. The van der Waals surface area contributed by atoms with E-state index in [0.717, 1.165) is 0 Å². The van der Waals surface area contributed by atoms with Crippen LogP contribution in [0.4, 0.5) is 0 Å². The van der Waals surface area contributed by atoms with E-state index in [4.69, 9.17) is 23.2 Å². The van der Waals surface area contributed by atoms with Crippen molar-refractivity contribution in [3.8, 4) is 0 Å². The lowest BCUT2D eigenvalue weighted by molar-refractivity contribution is 0.0591. The van der Waals surface area contributed by atoms with Gasteiger partial charge in [0.05, 0.1) is 30.4 Å². The second kappa shape index (κ2) is 5.69. The van der Waals surface area contributed by atoms with E-state index in [1.165, 1.54) is 20.3 Å². The van der Waals surface area contributed by atoms with Gasteiger partial charge in [-0.2, -0.15) is 0 Å². The van der Waals surface area contributed by atoms with Crippen molar-refractivity contribution in [2.75, 3.05) is 14.2 Å². The maximum atomic E-state index is 11.6. The molecule has 0 N–H and O–H groups in total. The highest BCUT2D eigenvalue weighted by Crippen LogP contribution is 2.34. The maximum absolute atomic E-state index is 11.6. The molecule has 0 atom stereocenters. The van der Waals surface area contributed by atoms with E-state index >= 15 is 0 Å². The molecule has 0 radical (unpaired) electrons. The standard InChI is InChI=1S/C14H10Cl2O4/c1-19-13(17)7-3-4-8-9(5-7)11(15)6-10(12(8)16)14(18)20-2/h3-6H,1-2H3. The van der Waals surface area contributed by atoms with Crippen LogP contribution in [-0.4, -0.2) is 26.2 Å². The number of carbonyl (C=O) groups excluding carboxylic acids is 2. The summed E-state index contributed by atoms with van der Waals surface area (Å²) in [5.41, 5.74) is 0.529. The molecule has 104 valence electrons. The van der Waals surface area contributed by atoms with Crippen molar-refractivity contribution >= 4 is 45.9 Å². The van der Waals surface area contributed by atoms with Crippen LogP contribution >= 0.6 is 23.2 Å². The van der Waals surface area contributed by atoms with Crippen LogP contribution in [0.2, 0.25) is 10.0 Å². The fourth-order valence-electron chi connectivity index (χ4n) is 1.85. The molecule has 0 spiro atoms. The van der Waals surface area contributed by atoms with Gasteiger partial charge >= 0.3 is 11.9 Å². The Kier molecular flexibility index (Phi) is 4.16. The monoisotopic (exact) mass is 312 g/mol. The Morgan fingerprint density at radius 2 is 1.60 bits per heavy atom. The fourth-order valence-corrected chi connectivity index (χ4v) is 2.41. The molecule has 0 saturated carbocycles. The molecular weight excluding hydrogens is 303 g/mol. The lowest BCUT2D eigenvalue weighted by Gasteiger charge is -2.09. The smallest absolute Gasteiger partial charge is 0.339 e. The summed E-state index contributed by atoms with van der Waals surface area (Å²) in [4.78, 5) is 23.1. The highest BCUT2D eigenvalue weighted by Gasteiger charge is 2.17. The normalized spacial score (nSPS) is 10.4. The van der Waals surface area contributed by atoms with Gasteiger partial charge in [0.1, 0.15) is 0 Å². The van der Waals surface area contributed by atoms with Gasteiger partial charge in [-0.3, -0.25) is 0 Å². The van der Waals surface area contributed by atoms with Crippen molar-refractivity contribution < 1.29 is 19.1 Å². The number of hydrogen-bond acceptors (Lipinski definition) is 4. The van der Waals surface area contributed by atoms with E-state index in [-0.39, 0.29) is 10.6 Å². The Balaban J connectivity index is 2.71. The third kappa shape index (κ3) is 2.44. The topological polar surface area (TPSA) is 52.6 Å². The van der Waals surface area contributed by atoms with Crippen LogP contribution in [0.1, 0.15) is 20.7 Å². The van der Waals surface area contributed by atoms with Gasteiger partial charge in [0.15, 0.2) is 0 Å². The van der Waals surface area contributed by atoms with Crippen LogP contribution in [0.25, 0.3) is 10.8 Å². The molecule has 0 unspecified atom stereocenters. The summed E-state index contributed by atoms with van der Waals surface area (Å²) < 4.78 is 9.29. The molecule has 0 heterocycles. The van der Waals surface area contributed by atoms with E-state index in [0.29, 0.717) is 21.4 Å². The van der Waals surface area contributed by atoms with Crippen molar-refractivity contribution in [1.29, 1.82) is 0 Å². The average molecular weight is 313 g/mol. The van der Waals surface area contributed by atoms with Crippen LogP contribution in [0.5, 0.6) is 0 Å². The quantitative estimate of drug-likeness (QED) is 0.793. The zero-order chi connectivity index (χ0) is 14.9. The molecule has 2 rings (SSSR count). The van der Waals surface area contributed by atoms with E-state index < -0.39 is 11.9 Å². The van der Waals surface area contributed by atoms with Gasteiger partial charge in [-0.05, 0) is 18.2 Å². The van der Waals surface area contributed by atoms with Gasteiger partial charge in [0.2, 0.25) is 0 Å². The second-order valence-electron chi connectivity index (χ2n) is 3.96. The molecular formula is C14H10Cl2O4. The minimum Gasteiger partial charge on any atom is -0.465 e. The predicted octanol–water partition coefficient (Wildman–Crippen LogP) is 3.72. The molecule has 0 saturated heterocycles. The highest BCUT2D eigenvalue weighted by atomic mass is 35.5. The predicted molar refractivity (Wildman–Crippen MR) is 76.6 cm³/mol. The molecule has 2 aromatic carbocycles. The zero-order valence-electron chi connectivity index (χ0n) is 10.7. The first kappa shape index (κ1) is 14.6. The number of methoxy groups -OCH3 is 2. The Hall–Kier alpha value is -1.78. The van der Waals surface area contributed by atoms with Crippen LogP contribution < -0.4 is 0 Å². The van der Waals surface area contributed by atoms with Crippen molar-refractivity contribution in [2.24, 2.45) is 0 Å². The summed E-state index contributed by atoms with van der Waals surface area (Å²) in [6.45, 7) is 0. The molecule has 2 aromatic rings. The van der Waals surface area contributed by atoms with Crippen molar-refractivity contribution in [3.05, 3.63) is 45.4 Å². The molecule has 0 aromatic heterocycles. The molecule has 0 bridgehead atoms. The minimum absolute atomic E-state index is 0.178. The van der Waals surface area contributed by atoms with Crippen molar-refractivity contribution in [3.63, 3.8) is 0 Å². The molecule has 20 heavy (non-hydrogen) atoms. The number of esters is 2. The first-order chi connectivity index (χ1) is 9.49. The van der Waals surface area contributed by atoms with Gasteiger partial charge in [-0.15, -0.1) is 0 Å². The number of benzene rings is 2. The number of hydrogen-bond donors (Lipinski definition) is 0.